The second kappa shape index (κ2) is 4.99. The van der Waals surface area contributed by atoms with E-state index in [-0.39, 0.29) is 0 Å². The van der Waals surface area contributed by atoms with Gasteiger partial charge in [-0.2, -0.15) is 0 Å². The third-order valence-corrected chi connectivity index (χ3v) is 1.31. The summed E-state index contributed by atoms with van der Waals surface area (Å²) in [5.74, 6) is 0. The number of aliphatic hydroxyl groups is 1. The van der Waals surface area contributed by atoms with Gasteiger partial charge >= 0.3 is 0 Å². The maximum absolute atomic E-state index is 9.21. The van der Waals surface area contributed by atoms with Gasteiger partial charge < -0.3 is 16.2 Å². The molecule has 10 heavy (non-hydrogen) atoms. The highest BCUT2D eigenvalue weighted by atomic mass is 16.3. The molecule has 0 fully saturated rings. The fraction of sp³-hybridized carbons (Fsp3) is 0.571. The van der Waals surface area contributed by atoms with Gasteiger partial charge in [0.1, 0.15) is 0 Å². The Hall–Kier alpha value is -0.830. The molecule has 0 saturated heterocycles. The van der Waals surface area contributed by atoms with Gasteiger partial charge in [0, 0.05) is 18.0 Å². The van der Waals surface area contributed by atoms with Crippen LogP contribution in [0.1, 0.15) is 19.8 Å². The molecule has 0 radical (unpaired) electrons. The van der Waals surface area contributed by atoms with E-state index in [1.165, 1.54) is 6.20 Å². The van der Waals surface area contributed by atoms with Gasteiger partial charge in [-0.1, -0.05) is 13.3 Å². The van der Waals surface area contributed by atoms with Crippen LogP contribution in [0.5, 0.6) is 0 Å². The second-order valence-electron chi connectivity index (χ2n) is 2.12. The molecule has 0 saturated carbocycles. The summed E-state index contributed by atoms with van der Waals surface area (Å²) in [6, 6.07) is 0. The number of rotatable bonds is 4. The first-order valence-corrected chi connectivity index (χ1v) is 3.36. The van der Waals surface area contributed by atoms with Gasteiger partial charge in [0.15, 0.2) is 0 Å². The zero-order valence-corrected chi connectivity index (χ0v) is 6.17. The Balaban J connectivity index is 3.89. The van der Waals surface area contributed by atoms with Gasteiger partial charge in [0.25, 0.3) is 0 Å². The molecule has 0 aliphatic rings. The molecule has 0 aliphatic carbocycles. The molecule has 3 nitrogen and oxygen atoms in total. The summed E-state index contributed by atoms with van der Waals surface area (Å²) >= 11 is 0. The lowest BCUT2D eigenvalue weighted by atomic mass is 10.1. The van der Waals surface area contributed by atoms with Crippen molar-refractivity contribution in [2.75, 3.05) is 0 Å². The molecule has 0 aromatic heterocycles. The third kappa shape index (κ3) is 2.64. The molecule has 0 heterocycles. The smallest absolute Gasteiger partial charge is 0.0818 e. The van der Waals surface area contributed by atoms with Crippen LogP contribution in [0.3, 0.4) is 0 Å². The van der Waals surface area contributed by atoms with Crippen LogP contribution in [0.4, 0.5) is 0 Å². The molecule has 0 aromatic rings. The van der Waals surface area contributed by atoms with Crippen molar-refractivity contribution in [3.05, 3.63) is 11.8 Å². The van der Waals surface area contributed by atoms with Gasteiger partial charge in [0.05, 0.1) is 6.10 Å². The standard InChI is InChI=1S/C7H14N2O/c1-2-3-7(10)6(4-8)5-9/h4-5,7-8,10H,2-3,9H2,1H3/b6-5+,8-4?. The lowest BCUT2D eigenvalue weighted by Gasteiger charge is -2.07. The van der Waals surface area contributed by atoms with Gasteiger partial charge in [-0.25, -0.2) is 0 Å². The van der Waals surface area contributed by atoms with E-state index in [9.17, 15) is 5.11 Å². The van der Waals surface area contributed by atoms with E-state index < -0.39 is 6.10 Å². The van der Waals surface area contributed by atoms with Crippen molar-refractivity contribution in [2.24, 2.45) is 5.73 Å². The average Bonchev–Trinajstić information content (AvgIpc) is 1.91. The Morgan fingerprint density at radius 2 is 2.40 bits per heavy atom. The van der Waals surface area contributed by atoms with E-state index in [4.69, 9.17) is 11.1 Å². The summed E-state index contributed by atoms with van der Waals surface area (Å²) in [6.45, 7) is 1.97. The molecule has 0 aliphatic heterocycles. The van der Waals surface area contributed by atoms with Crippen LogP contribution in [0.15, 0.2) is 11.8 Å². The highest BCUT2D eigenvalue weighted by Crippen LogP contribution is 2.04. The van der Waals surface area contributed by atoms with Gasteiger partial charge in [0.2, 0.25) is 0 Å². The van der Waals surface area contributed by atoms with Crippen LogP contribution in [-0.2, 0) is 0 Å². The normalized spacial score (nSPS) is 14.8. The molecule has 58 valence electrons. The third-order valence-electron chi connectivity index (χ3n) is 1.31. The molecular weight excluding hydrogens is 128 g/mol. The SMILES string of the molecule is CCCC(O)/C(C=N)=C/N. The Labute approximate surface area is 61.1 Å². The molecule has 1 atom stereocenters. The highest BCUT2D eigenvalue weighted by Gasteiger charge is 2.05. The Kier molecular flexibility index (Phi) is 4.58. The monoisotopic (exact) mass is 142 g/mol. The Bertz CT molecular complexity index is 132. The van der Waals surface area contributed by atoms with Crippen molar-refractivity contribution >= 4 is 6.21 Å². The largest absolute Gasteiger partial charge is 0.404 e. The summed E-state index contributed by atoms with van der Waals surface area (Å²) in [6.07, 6.45) is 3.35. The quantitative estimate of drug-likeness (QED) is 0.504. The maximum atomic E-state index is 9.21. The van der Waals surface area contributed by atoms with E-state index in [2.05, 4.69) is 0 Å². The minimum atomic E-state index is -0.563. The number of aliphatic hydroxyl groups excluding tert-OH is 1. The lowest BCUT2D eigenvalue weighted by molar-refractivity contribution is 0.205. The summed E-state index contributed by atoms with van der Waals surface area (Å²) < 4.78 is 0. The van der Waals surface area contributed by atoms with Crippen LogP contribution < -0.4 is 5.73 Å². The molecule has 0 spiro atoms. The molecule has 0 bridgehead atoms. The molecular formula is C7H14N2O. The summed E-state index contributed by atoms with van der Waals surface area (Å²) in [4.78, 5) is 0. The predicted octanol–water partition coefficient (Wildman–Crippen LogP) is 0.640. The molecule has 4 N–H and O–H groups in total. The summed E-state index contributed by atoms with van der Waals surface area (Å²) in [5, 5.41) is 16.0. The molecule has 3 heteroatoms. The zero-order valence-electron chi connectivity index (χ0n) is 6.17. The first-order valence-electron chi connectivity index (χ1n) is 3.36. The van der Waals surface area contributed by atoms with Gasteiger partial charge in [-0.3, -0.25) is 0 Å². The summed E-state index contributed by atoms with van der Waals surface area (Å²) in [7, 11) is 0. The number of hydrogen-bond acceptors (Lipinski definition) is 3. The van der Waals surface area contributed by atoms with E-state index in [1.807, 2.05) is 6.92 Å². The van der Waals surface area contributed by atoms with Crippen LogP contribution in [-0.4, -0.2) is 17.4 Å². The van der Waals surface area contributed by atoms with Gasteiger partial charge in [-0.15, -0.1) is 0 Å². The summed E-state index contributed by atoms with van der Waals surface area (Å²) in [5.41, 5.74) is 5.63. The highest BCUT2D eigenvalue weighted by molar-refractivity contribution is 5.76. The molecule has 0 amide bonds. The van der Waals surface area contributed by atoms with Crippen LogP contribution >= 0.6 is 0 Å². The predicted molar refractivity (Wildman–Crippen MR) is 42.0 cm³/mol. The molecule has 0 aromatic carbocycles. The lowest BCUT2D eigenvalue weighted by Crippen LogP contribution is -2.12. The number of nitrogens with one attached hydrogen (secondary N) is 1. The number of hydrogen-bond donors (Lipinski definition) is 3. The van der Waals surface area contributed by atoms with Crippen molar-refractivity contribution < 1.29 is 5.11 Å². The second-order valence-corrected chi connectivity index (χ2v) is 2.12. The van der Waals surface area contributed by atoms with Crippen molar-refractivity contribution in [3.8, 4) is 0 Å². The van der Waals surface area contributed by atoms with E-state index in [0.29, 0.717) is 12.0 Å². The van der Waals surface area contributed by atoms with E-state index in [1.54, 1.807) is 0 Å². The maximum Gasteiger partial charge on any atom is 0.0818 e. The topological polar surface area (TPSA) is 70.1 Å². The fourth-order valence-corrected chi connectivity index (χ4v) is 0.695. The van der Waals surface area contributed by atoms with Crippen molar-refractivity contribution in [3.63, 3.8) is 0 Å². The van der Waals surface area contributed by atoms with Crippen LogP contribution in [0.25, 0.3) is 0 Å². The van der Waals surface area contributed by atoms with Crippen LogP contribution in [0, 0.1) is 5.41 Å². The first-order chi connectivity index (χ1) is 4.76. The average molecular weight is 142 g/mol. The number of nitrogens with two attached hydrogens (primary N) is 1. The van der Waals surface area contributed by atoms with Crippen LogP contribution in [0.2, 0.25) is 0 Å². The molecule has 0 rings (SSSR count). The molecule has 1 unspecified atom stereocenters. The van der Waals surface area contributed by atoms with E-state index >= 15 is 0 Å². The Morgan fingerprint density at radius 1 is 1.80 bits per heavy atom. The minimum absolute atomic E-state index is 0.488. The Morgan fingerprint density at radius 3 is 2.70 bits per heavy atom. The minimum Gasteiger partial charge on any atom is -0.404 e. The fourth-order valence-electron chi connectivity index (χ4n) is 0.695. The van der Waals surface area contributed by atoms with Crippen molar-refractivity contribution in [1.82, 2.24) is 0 Å². The first kappa shape index (κ1) is 9.17. The van der Waals surface area contributed by atoms with Gasteiger partial charge in [-0.05, 0) is 6.42 Å². The zero-order chi connectivity index (χ0) is 7.98. The van der Waals surface area contributed by atoms with E-state index in [0.717, 1.165) is 12.6 Å². The van der Waals surface area contributed by atoms with Crippen molar-refractivity contribution in [2.45, 2.75) is 25.9 Å². The van der Waals surface area contributed by atoms with Crippen molar-refractivity contribution in [1.29, 1.82) is 5.41 Å².